The van der Waals surface area contributed by atoms with Crippen molar-refractivity contribution in [1.82, 2.24) is 4.98 Å². The van der Waals surface area contributed by atoms with E-state index in [1.807, 2.05) is 0 Å². The monoisotopic (exact) mass is 265 g/mol. The van der Waals surface area contributed by atoms with Gasteiger partial charge in [0, 0.05) is 6.07 Å². The van der Waals surface area contributed by atoms with Crippen LogP contribution in [-0.2, 0) is 0 Å². The predicted octanol–water partition coefficient (Wildman–Crippen LogP) is 2.95. The molecule has 0 saturated carbocycles. The lowest BCUT2D eigenvalue weighted by molar-refractivity contribution is 0.478. The smallest absolute Gasteiger partial charge is 0.145 e. The molecular weight excluding hydrogens is 257 g/mol. The van der Waals surface area contributed by atoms with E-state index < -0.39 is 5.82 Å². The van der Waals surface area contributed by atoms with E-state index >= 15 is 0 Å². The Kier molecular flexibility index (Phi) is 3.43. The van der Waals surface area contributed by atoms with Crippen molar-refractivity contribution in [3.8, 4) is 11.5 Å². The van der Waals surface area contributed by atoms with Gasteiger partial charge in [-0.05, 0) is 24.3 Å². The fraction of sp³-hybridized carbons (Fsp3) is 0. The van der Waals surface area contributed by atoms with Gasteiger partial charge in [0.25, 0.3) is 0 Å². The van der Waals surface area contributed by atoms with Gasteiger partial charge in [0.15, 0.2) is 0 Å². The first-order valence-corrected chi connectivity index (χ1v) is 5.37. The molecule has 0 atom stereocenters. The Morgan fingerprint density at radius 1 is 1.28 bits per heavy atom. The Labute approximate surface area is 108 Å². The number of nitrogens with one attached hydrogen (secondary N) is 1. The molecular formula is C12H9ClFN3O. The Bertz CT molecular complexity index is 586. The average molecular weight is 266 g/mol. The maximum atomic E-state index is 12.9. The van der Waals surface area contributed by atoms with Crippen molar-refractivity contribution in [2.75, 3.05) is 0 Å². The molecule has 18 heavy (non-hydrogen) atoms. The van der Waals surface area contributed by atoms with Gasteiger partial charge in [0.05, 0.1) is 11.2 Å². The van der Waals surface area contributed by atoms with Crippen molar-refractivity contribution in [3.05, 3.63) is 53.1 Å². The standard InChI is InChI=1S/C12H9ClFN3O/c13-9-5-7(1-3-10(9)14)18-8-2-4-11(12(15)16)17-6-8/h1-6H,(H3,15,16). The van der Waals surface area contributed by atoms with Gasteiger partial charge in [-0.25, -0.2) is 9.37 Å². The number of hydrogen-bond acceptors (Lipinski definition) is 3. The Morgan fingerprint density at radius 2 is 2.00 bits per heavy atom. The minimum absolute atomic E-state index is 0.0131. The summed E-state index contributed by atoms with van der Waals surface area (Å²) in [5.41, 5.74) is 5.63. The average Bonchev–Trinajstić information content (AvgIpc) is 2.34. The number of nitrogens with zero attached hydrogens (tertiary/aromatic N) is 1. The van der Waals surface area contributed by atoms with Gasteiger partial charge < -0.3 is 10.5 Å². The Balaban J connectivity index is 2.18. The van der Waals surface area contributed by atoms with Crippen LogP contribution in [0.1, 0.15) is 5.69 Å². The molecule has 6 heteroatoms. The molecule has 2 aromatic rings. The lowest BCUT2D eigenvalue weighted by atomic mass is 10.3. The number of hydrogen-bond donors (Lipinski definition) is 2. The summed E-state index contributed by atoms with van der Waals surface area (Å²) >= 11 is 5.63. The largest absolute Gasteiger partial charge is 0.456 e. The number of benzene rings is 1. The molecule has 0 amide bonds. The van der Waals surface area contributed by atoms with E-state index in [0.717, 1.165) is 0 Å². The number of nitrogen functional groups attached to an aromatic ring is 1. The highest BCUT2D eigenvalue weighted by atomic mass is 35.5. The number of nitrogens with two attached hydrogens (primary N) is 1. The molecule has 2 rings (SSSR count). The summed E-state index contributed by atoms with van der Waals surface area (Å²) < 4.78 is 18.4. The zero-order valence-electron chi connectivity index (χ0n) is 9.15. The molecule has 3 N–H and O–H groups in total. The number of amidine groups is 1. The van der Waals surface area contributed by atoms with E-state index in [-0.39, 0.29) is 10.9 Å². The van der Waals surface area contributed by atoms with Crippen LogP contribution >= 0.6 is 11.6 Å². The molecule has 0 saturated heterocycles. The van der Waals surface area contributed by atoms with Crippen molar-refractivity contribution >= 4 is 17.4 Å². The number of halogens is 2. The molecule has 0 spiro atoms. The van der Waals surface area contributed by atoms with Gasteiger partial charge in [-0.1, -0.05) is 11.6 Å². The van der Waals surface area contributed by atoms with Gasteiger partial charge in [0.2, 0.25) is 0 Å². The first kappa shape index (κ1) is 12.3. The van der Waals surface area contributed by atoms with E-state index in [1.165, 1.54) is 24.4 Å². The van der Waals surface area contributed by atoms with Gasteiger partial charge in [-0.15, -0.1) is 0 Å². The highest BCUT2D eigenvalue weighted by Gasteiger charge is 2.04. The van der Waals surface area contributed by atoms with Crippen LogP contribution < -0.4 is 10.5 Å². The first-order chi connectivity index (χ1) is 8.56. The zero-order chi connectivity index (χ0) is 13.1. The molecule has 0 radical (unpaired) electrons. The van der Waals surface area contributed by atoms with E-state index in [0.29, 0.717) is 17.2 Å². The molecule has 0 aliphatic rings. The SMILES string of the molecule is N=C(N)c1ccc(Oc2ccc(F)c(Cl)c2)cn1. The van der Waals surface area contributed by atoms with Crippen LogP contribution in [0.3, 0.4) is 0 Å². The predicted molar refractivity (Wildman–Crippen MR) is 66.7 cm³/mol. The van der Waals surface area contributed by atoms with Crippen molar-refractivity contribution in [1.29, 1.82) is 5.41 Å². The second-order valence-corrected chi connectivity index (χ2v) is 3.88. The lowest BCUT2D eigenvalue weighted by Gasteiger charge is -2.06. The highest BCUT2D eigenvalue weighted by molar-refractivity contribution is 6.30. The second kappa shape index (κ2) is 5.01. The van der Waals surface area contributed by atoms with Gasteiger partial charge in [-0.3, -0.25) is 5.41 Å². The summed E-state index contributed by atoms with van der Waals surface area (Å²) in [6, 6.07) is 7.22. The fourth-order valence-electron chi connectivity index (χ4n) is 1.28. The molecule has 1 aromatic carbocycles. The van der Waals surface area contributed by atoms with Crippen LogP contribution in [0, 0.1) is 11.2 Å². The van der Waals surface area contributed by atoms with Gasteiger partial charge >= 0.3 is 0 Å². The Morgan fingerprint density at radius 3 is 2.56 bits per heavy atom. The summed E-state index contributed by atoms with van der Waals surface area (Å²) in [4.78, 5) is 3.93. The number of rotatable bonds is 3. The van der Waals surface area contributed by atoms with Crippen molar-refractivity contribution in [3.63, 3.8) is 0 Å². The molecule has 0 bridgehead atoms. The van der Waals surface area contributed by atoms with Crippen LogP contribution in [0.4, 0.5) is 4.39 Å². The molecule has 1 heterocycles. The molecule has 0 aliphatic heterocycles. The second-order valence-electron chi connectivity index (χ2n) is 3.47. The van der Waals surface area contributed by atoms with E-state index in [9.17, 15) is 4.39 Å². The topological polar surface area (TPSA) is 72.0 Å². The van der Waals surface area contributed by atoms with Crippen LogP contribution in [0.15, 0.2) is 36.5 Å². The summed E-state index contributed by atoms with van der Waals surface area (Å²) in [5.74, 6) is 0.224. The van der Waals surface area contributed by atoms with Crippen LogP contribution in [0.2, 0.25) is 5.02 Å². The van der Waals surface area contributed by atoms with E-state index in [2.05, 4.69) is 4.98 Å². The summed E-state index contributed by atoms with van der Waals surface area (Å²) in [6.07, 6.45) is 1.42. The number of aromatic nitrogens is 1. The third kappa shape index (κ3) is 2.75. The van der Waals surface area contributed by atoms with Crippen LogP contribution in [-0.4, -0.2) is 10.8 Å². The number of ether oxygens (including phenoxy) is 1. The van der Waals surface area contributed by atoms with Gasteiger partial charge in [0.1, 0.15) is 28.8 Å². The zero-order valence-corrected chi connectivity index (χ0v) is 9.91. The van der Waals surface area contributed by atoms with Crippen LogP contribution in [0.5, 0.6) is 11.5 Å². The minimum atomic E-state index is -0.505. The summed E-state index contributed by atoms with van der Waals surface area (Å²) in [6.45, 7) is 0. The highest BCUT2D eigenvalue weighted by Crippen LogP contribution is 2.25. The first-order valence-electron chi connectivity index (χ1n) is 4.99. The van der Waals surface area contributed by atoms with E-state index in [1.54, 1.807) is 12.1 Å². The third-order valence-electron chi connectivity index (χ3n) is 2.14. The fourth-order valence-corrected chi connectivity index (χ4v) is 1.45. The summed E-state index contributed by atoms with van der Waals surface area (Å²) in [5, 5.41) is 7.18. The normalized spacial score (nSPS) is 10.1. The molecule has 1 aromatic heterocycles. The maximum absolute atomic E-state index is 12.9. The van der Waals surface area contributed by atoms with Crippen LogP contribution in [0.25, 0.3) is 0 Å². The Hall–Kier alpha value is -2.14. The number of pyridine rings is 1. The van der Waals surface area contributed by atoms with Crippen molar-refractivity contribution in [2.24, 2.45) is 5.73 Å². The maximum Gasteiger partial charge on any atom is 0.145 e. The van der Waals surface area contributed by atoms with E-state index in [4.69, 9.17) is 27.5 Å². The molecule has 4 nitrogen and oxygen atoms in total. The quantitative estimate of drug-likeness (QED) is 0.662. The third-order valence-corrected chi connectivity index (χ3v) is 2.43. The minimum Gasteiger partial charge on any atom is -0.456 e. The molecule has 0 fully saturated rings. The van der Waals surface area contributed by atoms with Crippen molar-refractivity contribution < 1.29 is 9.13 Å². The molecule has 0 aliphatic carbocycles. The lowest BCUT2D eigenvalue weighted by Crippen LogP contribution is -2.12. The molecule has 92 valence electrons. The van der Waals surface area contributed by atoms with Gasteiger partial charge in [-0.2, -0.15) is 0 Å². The van der Waals surface area contributed by atoms with Crippen molar-refractivity contribution in [2.45, 2.75) is 0 Å². The summed E-state index contributed by atoms with van der Waals surface area (Å²) in [7, 11) is 0. The molecule has 0 unspecified atom stereocenters.